The first-order valence-corrected chi connectivity index (χ1v) is 6.11. The largest absolute Gasteiger partial charge is 0.481 e. The second-order valence-corrected chi connectivity index (χ2v) is 4.24. The first-order chi connectivity index (χ1) is 9.00. The summed E-state index contributed by atoms with van der Waals surface area (Å²) in [7, 11) is 0. The van der Waals surface area contributed by atoms with E-state index in [1.807, 2.05) is 0 Å². The van der Waals surface area contributed by atoms with Crippen LogP contribution in [0.25, 0.3) is 0 Å². The average Bonchev–Trinajstić information content (AvgIpc) is 2.38. The quantitative estimate of drug-likeness (QED) is 0.522. The maximum absolute atomic E-state index is 11.7. The predicted octanol–water partition coefficient (Wildman–Crippen LogP) is -1.85. The summed E-state index contributed by atoms with van der Waals surface area (Å²) in [5.74, 6) is -1.75. The molecule has 2 amide bonds. The zero-order valence-electron chi connectivity index (χ0n) is 10.6. The van der Waals surface area contributed by atoms with Crippen LogP contribution in [0.1, 0.15) is 12.8 Å². The van der Waals surface area contributed by atoms with Crippen molar-refractivity contribution in [1.82, 2.24) is 10.2 Å². The Bertz CT molecular complexity index is 341. The number of carbonyl (C=O) groups is 3. The number of rotatable bonds is 6. The standard InChI is InChI=1S/C11H19N3O5/c12-8(7-10(16)17)11(18)13-2-1-9(15)14-3-5-19-6-4-14/h8H,1-7,12H2,(H,13,18)(H,16,17). The van der Waals surface area contributed by atoms with Crippen molar-refractivity contribution in [2.24, 2.45) is 5.73 Å². The molecule has 0 aliphatic carbocycles. The number of nitrogens with zero attached hydrogens (tertiary/aromatic N) is 1. The van der Waals surface area contributed by atoms with E-state index in [9.17, 15) is 14.4 Å². The molecular weight excluding hydrogens is 254 g/mol. The summed E-state index contributed by atoms with van der Waals surface area (Å²) in [5.41, 5.74) is 5.37. The Hall–Kier alpha value is -1.67. The average molecular weight is 273 g/mol. The molecule has 1 unspecified atom stereocenters. The van der Waals surface area contributed by atoms with E-state index >= 15 is 0 Å². The molecule has 108 valence electrons. The van der Waals surface area contributed by atoms with E-state index in [1.165, 1.54) is 0 Å². The lowest BCUT2D eigenvalue weighted by Crippen LogP contribution is -2.44. The highest BCUT2D eigenvalue weighted by Crippen LogP contribution is 1.99. The van der Waals surface area contributed by atoms with Crippen LogP contribution in [0.15, 0.2) is 0 Å². The lowest BCUT2D eigenvalue weighted by molar-refractivity contribution is -0.139. The summed E-state index contributed by atoms with van der Waals surface area (Å²) < 4.78 is 5.13. The van der Waals surface area contributed by atoms with Gasteiger partial charge < -0.3 is 25.8 Å². The van der Waals surface area contributed by atoms with Crippen LogP contribution in [0.4, 0.5) is 0 Å². The van der Waals surface area contributed by atoms with E-state index in [1.54, 1.807) is 4.90 Å². The lowest BCUT2D eigenvalue weighted by Gasteiger charge is -2.26. The van der Waals surface area contributed by atoms with Crippen LogP contribution in [0.5, 0.6) is 0 Å². The molecule has 1 aliphatic heterocycles. The molecule has 0 aromatic carbocycles. The molecule has 1 fully saturated rings. The van der Waals surface area contributed by atoms with Gasteiger partial charge in [-0.1, -0.05) is 0 Å². The van der Waals surface area contributed by atoms with Gasteiger partial charge in [-0.05, 0) is 0 Å². The number of hydrogen-bond donors (Lipinski definition) is 3. The van der Waals surface area contributed by atoms with Gasteiger partial charge in [0.05, 0.1) is 25.7 Å². The topological polar surface area (TPSA) is 122 Å². The maximum atomic E-state index is 11.7. The minimum absolute atomic E-state index is 0.0598. The third kappa shape index (κ3) is 5.66. The Morgan fingerprint density at radius 2 is 1.95 bits per heavy atom. The van der Waals surface area contributed by atoms with Crippen LogP contribution in [-0.4, -0.2) is 66.7 Å². The van der Waals surface area contributed by atoms with Crippen molar-refractivity contribution < 1.29 is 24.2 Å². The number of amides is 2. The van der Waals surface area contributed by atoms with E-state index in [0.717, 1.165) is 0 Å². The van der Waals surface area contributed by atoms with Gasteiger partial charge in [0.1, 0.15) is 0 Å². The molecule has 4 N–H and O–H groups in total. The molecule has 0 aromatic rings. The van der Waals surface area contributed by atoms with Gasteiger partial charge in [-0.3, -0.25) is 14.4 Å². The van der Waals surface area contributed by atoms with Gasteiger partial charge in [0.15, 0.2) is 0 Å². The minimum Gasteiger partial charge on any atom is -0.481 e. The number of nitrogens with one attached hydrogen (secondary N) is 1. The Morgan fingerprint density at radius 1 is 1.32 bits per heavy atom. The normalized spacial score (nSPS) is 16.8. The fraction of sp³-hybridized carbons (Fsp3) is 0.727. The number of morpholine rings is 1. The summed E-state index contributed by atoms with van der Waals surface area (Å²) >= 11 is 0. The zero-order valence-corrected chi connectivity index (χ0v) is 10.6. The van der Waals surface area contributed by atoms with Crippen molar-refractivity contribution in [2.75, 3.05) is 32.8 Å². The summed E-state index contributed by atoms with van der Waals surface area (Å²) in [4.78, 5) is 35.2. The lowest BCUT2D eigenvalue weighted by atomic mass is 10.2. The van der Waals surface area contributed by atoms with Crippen LogP contribution in [0.2, 0.25) is 0 Å². The van der Waals surface area contributed by atoms with Crippen LogP contribution in [0, 0.1) is 0 Å². The Balaban J connectivity index is 2.20. The molecule has 0 spiro atoms. The van der Waals surface area contributed by atoms with Gasteiger partial charge in [-0.25, -0.2) is 0 Å². The third-order valence-electron chi connectivity index (χ3n) is 2.73. The molecule has 1 saturated heterocycles. The van der Waals surface area contributed by atoms with Gasteiger partial charge in [-0.2, -0.15) is 0 Å². The molecule has 8 heteroatoms. The Kier molecular flexibility index (Phi) is 6.23. The fourth-order valence-electron chi connectivity index (χ4n) is 1.68. The summed E-state index contributed by atoms with van der Waals surface area (Å²) in [6, 6.07) is -1.09. The van der Waals surface area contributed by atoms with Crippen molar-refractivity contribution in [3.63, 3.8) is 0 Å². The van der Waals surface area contributed by atoms with Crippen LogP contribution >= 0.6 is 0 Å². The molecule has 0 saturated carbocycles. The molecule has 0 bridgehead atoms. The highest BCUT2D eigenvalue weighted by atomic mass is 16.5. The van der Waals surface area contributed by atoms with Crippen molar-refractivity contribution >= 4 is 17.8 Å². The van der Waals surface area contributed by atoms with Gasteiger partial charge in [-0.15, -0.1) is 0 Å². The maximum Gasteiger partial charge on any atom is 0.305 e. The second kappa shape index (κ2) is 7.70. The smallest absolute Gasteiger partial charge is 0.305 e. The van der Waals surface area contributed by atoms with Gasteiger partial charge in [0.25, 0.3) is 0 Å². The van der Waals surface area contributed by atoms with Crippen LogP contribution in [-0.2, 0) is 19.1 Å². The Labute approximate surface area is 110 Å². The molecule has 0 radical (unpaired) electrons. The van der Waals surface area contributed by atoms with Crippen molar-refractivity contribution in [2.45, 2.75) is 18.9 Å². The van der Waals surface area contributed by atoms with E-state index in [0.29, 0.717) is 26.3 Å². The Morgan fingerprint density at radius 3 is 2.53 bits per heavy atom. The van der Waals surface area contributed by atoms with Gasteiger partial charge in [0.2, 0.25) is 11.8 Å². The predicted molar refractivity (Wildman–Crippen MR) is 65.3 cm³/mol. The number of carbonyl (C=O) groups excluding carboxylic acids is 2. The number of hydrogen-bond acceptors (Lipinski definition) is 5. The first-order valence-electron chi connectivity index (χ1n) is 6.11. The van der Waals surface area contributed by atoms with Crippen molar-refractivity contribution in [1.29, 1.82) is 0 Å². The van der Waals surface area contributed by atoms with Gasteiger partial charge in [0, 0.05) is 26.1 Å². The van der Waals surface area contributed by atoms with Gasteiger partial charge >= 0.3 is 5.97 Å². The number of aliphatic carboxylic acids is 1. The molecule has 8 nitrogen and oxygen atoms in total. The highest BCUT2D eigenvalue weighted by Gasteiger charge is 2.19. The molecule has 1 rings (SSSR count). The first kappa shape index (κ1) is 15.4. The molecule has 1 aliphatic rings. The van der Waals surface area contributed by atoms with E-state index in [4.69, 9.17) is 15.6 Å². The molecule has 1 heterocycles. The molecule has 19 heavy (non-hydrogen) atoms. The molecule has 0 aromatic heterocycles. The summed E-state index contributed by atoms with van der Waals surface area (Å²) in [5, 5.41) is 10.9. The SMILES string of the molecule is NC(CC(=O)O)C(=O)NCCC(=O)N1CCOCC1. The third-order valence-corrected chi connectivity index (χ3v) is 2.73. The molecule has 1 atom stereocenters. The van der Waals surface area contributed by atoms with E-state index in [-0.39, 0.29) is 18.9 Å². The summed E-state index contributed by atoms with van der Waals surface area (Å²) in [6.07, 6.45) is -0.255. The highest BCUT2D eigenvalue weighted by molar-refractivity contribution is 5.86. The van der Waals surface area contributed by atoms with E-state index in [2.05, 4.69) is 5.32 Å². The van der Waals surface area contributed by atoms with Crippen molar-refractivity contribution in [3.8, 4) is 0 Å². The number of nitrogens with two attached hydrogens (primary N) is 1. The monoisotopic (exact) mass is 273 g/mol. The van der Waals surface area contributed by atoms with Crippen LogP contribution in [0.3, 0.4) is 0 Å². The number of carboxylic acids is 1. The van der Waals surface area contributed by atoms with E-state index < -0.39 is 24.3 Å². The zero-order chi connectivity index (χ0) is 14.3. The summed E-state index contributed by atoms with van der Waals surface area (Å²) in [6.45, 7) is 2.34. The van der Waals surface area contributed by atoms with Crippen molar-refractivity contribution in [3.05, 3.63) is 0 Å². The molecular formula is C11H19N3O5. The fourth-order valence-corrected chi connectivity index (χ4v) is 1.68. The number of carboxylic acid groups (broad SMARTS) is 1. The van der Waals surface area contributed by atoms with Crippen LogP contribution < -0.4 is 11.1 Å². The number of ether oxygens (including phenoxy) is 1. The second-order valence-electron chi connectivity index (χ2n) is 4.24. The minimum atomic E-state index is -1.13.